The number of nitrogens with one attached hydrogen (secondary N) is 1. The van der Waals surface area contributed by atoms with Gasteiger partial charge in [-0.25, -0.2) is 0 Å². The van der Waals surface area contributed by atoms with Crippen LogP contribution in [0.1, 0.15) is 33.2 Å². The monoisotopic (exact) mass is 470 g/mol. The lowest BCUT2D eigenvalue weighted by molar-refractivity contribution is -0.124. The molecule has 0 bridgehead atoms. The van der Waals surface area contributed by atoms with Gasteiger partial charge in [-0.3, -0.25) is 9.59 Å². The molecule has 34 heavy (non-hydrogen) atoms. The third kappa shape index (κ3) is 5.11. The van der Waals surface area contributed by atoms with Gasteiger partial charge < -0.3 is 15.8 Å². The molecule has 1 unspecified atom stereocenters. The Morgan fingerprint density at radius 1 is 0.853 bits per heavy atom. The highest BCUT2D eigenvalue weighted by molar-refractivity contribution is 6.35. The maximum absolute atomic E-state index is 13.0. The van der Waals surface area contributed by atoms with Crippen LogP contribution in [0.25, 0.3) is 0 Å². The highest BCUT2D eigenvalue weighted by Gasteiger charge is 2.23. The fourth-order valence-electron chi connectivity index (χ4n) is 3.65. The van der Waals surface area contributed by atoms with Crippen molar-refractivity contribution in [2.45, 2.75) is 13.0 Å². The number of hydrogen-bond acceptors (Lipinski definition) is 4. The number of nitrogens with two attached hydrogens (primary N) is 1. The molecule has 0 radical (unpaired) electrons. The number of halogens is 1. The number of para-hydroxylation sites is 2. The number of anilines is 2. The van der Waals surface area contributed by atoms with Crippen LogP contribution < -0.4 is 15.8 Å². The number of ketones is 1. The number of amides is 1. The zero-order chi connectivity index (χ0) is 24.1. The summed E-state index contributed by atoms with van der Waals surface area (Å²) >= 11 is 6.49. The average molecular weight is 471 g/mol. The van der Waals surface area contributed by atoms with Crippen LogP contribution in [-0.2, 0) is 4.79 Å². The lowest BCUT2D eigenvalue weighted by Gasteiger charge is -2.20. The first-order valence-corrected chi connectivity index (χ1v) is 11.1. The molecule has 4 aromatic carbocycles. The van der Waals surface area contributed by atoms with Crippen molar-refractivity contribution in [2.24, 2.45) is 5.73 Å². The van der Waals surface area contributed by atoms with Gasteiger partial charge >= 0.3 is 0 Å². The summed E-state index contributed by atoms with van der Waals surface area (Å²) in [5.41, 5.74) is 9.45. The van der Waals surface area contributed by atoms with Crippen molar-refractivity contribution in [1.29, 1.82) is 0 Å². The fourth-order valence-corrected chi connectivity index (χ4v) is 3.92. The quantitative estimate of drug-likeness (QED) is 0.299. The van der Waals surface area contributed by atoms with Gasteiger partial charge in [0.25, 0.3) is 5.91 Å². The standard InChI is InChI=1S/C28H23ClN2O3/c1-18-9-5-6-12-21(18)26(32)22-16-15-19(17-24(22)29)31-25-14-8-7-13-23(25)27(28(30)33)34-20-10-3-2-4-11-20/h2-17,27,31H,1H3,(H2,30,33). The number of ether oxygens (including phenoxy) is 1. The summed E-state index contributed by atoms with van der Waals surface area (Å²) in [7, 11) is 0. The largest absolute Gasteiger partial charge is 0.476 e. The number of carbonyl (C=O) groups excluding carboxylic acids is 2. The zero-order valence-electron chi connectivity index (χ0n) is 18.5. The Morgan fingerprint density at radius 3 is 2.24 bits per heavy atom. The number of aryl methyl sites for hydroxylation is 1. The highest BCUT2D eigenvalue weighted by Crippen LogP contribution is 2.31. The third-order valence-corrected chi connectivity index (χ3v) is 5.69. The van der Waals surface area contributed by atoms with Crippen molar-refractivity contribution < 1.29 is 14.3 Å². The first kappa shape index (κ1) is 23.1. The van der Waals surface area contributed by atoms with E-state index >= 15 is 0 Å². The van der Waals surface area contributed by atoms with Crippen LogP contribution in [-0.4, -0.2) is 11.7 Å². The van der Waals surface area contributed by atoms with E-state index in [1.807, 2.05) is 61.5 Å². The van der Waals surface area contributed by atoms with Crippen molar-refractivity contribution in [3.63, 3.8) is 0 Å². The Balaban J connectivity index is 1.61. The van der Waals surface area contributed by atoms with Crippen LogP contribution >= 0.6 is 11.6 Å². The number of rotatable bonds is 8. The van der Waals surface area contributed by atoms with Crippen LogP contribution in [0.3, 0.4) is 0 Å². The number of carbonyl (C=O) groups is 2. The molecule has 1 atom stereocenters. The van der Waals surface area contributed by atoms with Crippen molar-refractivity contribution >= 4 is 34.7 Å². The molecule has 3 N–H and O–H groups in total. The lowest BCUT2D eigenvalue weighted by atomic mass is 9.99. The second-order valence-corrected chi connectivity index (χ2v) is 8.17. The summed E-state index contributed by atoms with van der Waals surface area (Å²) in [6, 6.07) is 28.8. The van der Waals surface area contributed by atoms with Crippen molar-refractivity contribution in [3.05, 3.63) is 124 Å². The van der Waals surface area contributed by atoms with E-state index in [-0.39, 0.29) is 5.78 Å². The van der Waals surface area contributed by atoms with Crippen LogP contribution in [0.2, 0.25) is 5.02 Å². The predicted molar refractivity (Wildman–Crippen MR) is 135 cm³/mol. The van der Waals surface area contributed by atoms with Crippen LogP contribution in [0.5, 0.6) is 5.75 Å². The molecule has 0 aliphatic carbocycles. The summed E-state index contributed by atoms with van der Waals surface area (Å²) in [4.78, 5) is 25.2. The lowest BCUT2D eigenvalue weighted by Crippen LogP contribution is -2.26. The molecule has 0 aromatic heterocycles. The molecule has 1 amide bonds. The second kappa shape index (κ2) is 10.2. The molecule has 0 spiro atoms. The Morgan fingerprint density at radius 2 is 1.53 bits per heavy atom. The van der Waals surface area contributed by atoms with Crippen molar-refractivity contribution in [3.8, 4) is 5.75 Å². The molecule has 5 nitrogen and oxygen atoms in total. The van der Waals surface area contributed by atoms with Gasteiger partial charge in [0.1, 0.15) is 5.75 Å². The van der Waals surface area contributed by atoms with Gasteiger partial charge in [0.2, 0.25) is 6.10 Å². The van der Waals surface area contributed by atoms with E-state index in [1.165, 1.54) is 0 Å². The van der Waals surface area contributed by atoms with Gasteiger partial charge in [-0.1, -0.05) is 72.3 Å². The first-order valence-electron chi connectivity index (χ1n) is 10.7. The molecular weight excluding hydrogens is 448 g/mol. The van der Waals surface area contributed by atoms with Crippen LogP contribution in [0.4, 0.5) is 11.4 Å². The van der Waals surface area contributed by atoms with Crippen molar-refractivity contribution in [2.75, 3.05) is 5.32 Å². The Kier molecular flexibility index (Phi) is 6.95. The van der Waals surface area contributed by atoms with Crippen LogP contribution in [0.15, 0.2) is 97.1 Å². The Bertz CT molecular complexity index is 1340. The van der Waals surface area contributed by atoms with E-state index in [4.69, 9.17) is 22.1 Å². The smallest absolute Gasteiger partial charge is 0.263 e. The molecule has 0 aliphatic rings. The number of primary amides is 1. The van der Waals surface area contributed by atoms with Gasteiger partial charge in [-0.2, -0.15) is 0 Å². The van der Waals surface area contributed by atoms with E-state index < -0.39 is 12.0 Å². The molecule has 0 aliphatic heterocycles. The summed E-state index contributed by atoms with van der Waals surface area (Å²) in [6.07, 6.45) is -0.997. The summed E-state index contributed by atoms with van der Waals surface area (Å²) in [5, 5.41) is 3.59. The minimum atomic E-state index is -0.997. The van der Waals surface area contributed by atoms with E-state index in [2.05, 4.69) is 5.32 Å². The predicted octanol–water partition coefficient (Wildman–Crippen LogP) is 6.23. The van der Waals surface area contributed by atoms with E-state index in [9.17, 15) is 9.59 Å². The third-order valence-electron chi connectivity index (χ3n) is 5.38. The van der Waals surface area contributed by atoms with Gasteiger partial charge in [-0.15, -0.1) is 0 Å². The van der Waals surface area contributed by atoms with Crippen molar-refractivity contribution in [1.82, 2.24) is 0 Å². The molecule has 0 heterocycles. The SMILES string of the molecule is Cc1ccccc1C(=O)c1ccc(Nc2ccccc2C(Oc2ccccc2)C(N)=O)cc1Cl. The van der Waals surface area contributed by atoms with E-state index in [0.717, 1.165) is 5.56 Å². The second-order valence-electron chi connectivity index (χ2n) is 7.76. The molecule has 0 saturated heterocycles. The van der Waals surface area contributed by atoms with Gasteiger partial charge in [-0.05, 0) is 48.9 Å². The summed E-state index contributed by atoms with van der Waals surface area (Å²) < 4.78 is 5.89. The summed E-state index contributed by atoms with van der Waals surface area (Å²) in [5.74, 6) is -0.223. The van der Waals surface area contributed by atoms with Crippen LogP contribution in [0, 0.1) is 6.92 Å². The van der Waals surface area contributed by atoms with Gasteiger partial charge in [0.05, 0.1) is 5.02 Å². The zero-order valence-corrected chi connectivity index (χ0v) is 19.3. The van der Waals surface area contributed by atoms with Gasteiger partial charge in [0.15, 0.2) is 5.78 Å². The number of hydrogen-bond donors (Lipinski definition) is 2. The first-order chi connectivity index (χ1) is 16.4. The fraction of sp³-hybridized carbons (Fsp3) is 0.0714. The molecule has 170 valence electrons. The number of benzene rings is 4. The molecule has 0 fully saturated rings. The minimum absolute atomic E-state index is 0.139. The Labute approximate surface area is 203 Å². The van der Waals surface area contributed by atoms with Gasteiger partial charge in [0, 0.05) is 28.1 Å². The maximum atomic E-state index is 13.0. The molecule has 0 saturated carbocycles. The normalized spacial score (nSPS) is 11.5. The molecular formula is C28H23ClN2O3. The molecule has 4 aromatic rings. The molecule has 4 rings (SSSR count). The minimum Gasteiger partial charge on any atom is -0.476 e. The molecule has 6 heteroatoms. The topological polar surface area (TPSA) is 81.4 Å². The highest BCUT2D eigenvalue weighted by atomic mass is 35.5. The van der Waals surface area contributed by atoms with E-state index in [0.29, 0.717) is 38.8 Å². The average Bonchev–Trinajstić information content (AvgIpc) is 2.84. The van der Waals surface area contributed by atoms with E-state index in [1.54, 1.807) is 42.5 Å². The Hall–Kier alpha value is -4.09. The maximum Gasteiger partial charge on any atom is 0.263 e. The summed E-state index contributed by atoms with van der Waals surface area (Å²) in [6.45, 7) is 1.89.